The van der Waals surface area contributed by atoms with Gasteiger partial charge in [0.2, 0.25) is 5.75 Å². The number of nitrogens with zero attached hydrogens (tertiary/aromatic N) is 2. The van der Waals surface area contributed by atoms with E-state index in [1.807, 2.05) is 19.2 Å². The topological polar surface area (TPSA) is 55.3 Å². The van der Waals surface area contributed by atoms with Crippen LogP contribution in [0.3, 0.4) is 0 Å². The first-order chi connectivity index (χ1) is 12.5. The molecule has 27 heavy (non-hydrogen) atoms. The van der Waals surface area contributed by atoms with Crippen LogP contribution in [-0.2, 0) is 6.54 Å². The predicted octanol–water partition coefficient (Wildman–Crippen LogP) is 3.48. The zero-order valence-electron chi connectivity index (χ0n) is 17.1. The number of hydrogen-bond acceptors (Lipinski definition) is 5. The first-order valence-corrected chi connectivity index (χ1v) is 9.95. The van der Waals surface area contributed by atoms with Crippen LogP contribution < -0.4 is 19.5 Å². The van der Waals surface area contributed by atoms with Crippen molar-refractivity contribution >= 4 is 41.7 Å². The molecule has 0 aromatic heterocycles. The molecule has 1 aromatic carbocycles. The lowest BCUT2D eigenvalue weighted by atomic mass is 10.1. The van der Waals surface area contributed by atoms with E-state index in [4.69, 9.17) is 14.2 Å². The third-order valence-corrected chi connectivity index (χ3v) is 6.06. The van der Waals surface area contributed by atoms with Crippen LogP contribution in [0.15, 0.2) is 17.1 Å². The van der Waals surface area contributed by atoms with Crippen molar-refractivity contribution in [3.8, 4) is 17.2 Å². The number of guanidine groups is 1. The molecule has 1 aliphatic heterocycles. The Morgan fingerprint density at radius 3 is 2.33 bits per heavy atom. The fraction of sp³-hybridized carbons (Fsp3) is 0.632. The maximum absolute atomic E-state index is 5.43. The molecule has 1 unspecified atom stereocenters. The minimum Gasteiger partial charge on any atom is -0.493 e. The van der Waals surface area contributed by atoms with Gasteiger partial charge in [-0.3, -0.25) is 4.99 Å². The minimum atomic E-state index is 0. The standard InChI is InChI=1S/C19H31N3O3S.HI/c1-13(2)17-12-22(7-8-26-17)19(20-3)21-11-14-9-15(23-4)18(25-6)16(10-14)24-5;/h9-10,13,17H,7-8,11-12H2,1-6H3,(H,20,21);1H. The van der Waals surface area contributed by atoms with Crippen LogP contribution in [0.1, 0.15) is 19.4 Å². The molecule has 1 heterocycles. The zero-order chi connectivity index (χ0) is 19.1. The summed E-state index contributed by atoms with van der Waals surface area (Å²) >= 11 is 2.06. The lowest BCUT2D eigenvalue weighted by Gasteiger charge is -2.36. The SMILES string of the molecule is CN=C(NCc1cc(OC)c(OC)c(OC)c1)N1CCSC(C(C)C)C1.I. The van der Waals surface area contributed by atoms with Crippen molar-refractivity contribution in [2.75, 3.05) is 47.2 Å². The van der Waals surface area contributed by atoms with Gasteiger partial charge in [-0.1, -0.05) is 13.8 Å². The van der Waals surface area contributed by atoms with Crippen LogP contribution in [0, 0.1) is 5.92 Å². The molecule has 6 nitrogen and oxygen atoms in total. The van der Waals surface area contributed by atoms with E-state index >= 15 is 0 Å². The molecule has 2 rings (SSSR count). The quantitative estimate of drug-likeness (QED) is 0.360. The summed E-state index contributed by atoms with van der Waals surface area (Å²) in [5, 5.41) is 4.11. The normalized spacial score (nSPS) is 17.4. The molecule has 0 spiro atoms. The Balaban J connectivity index is 0.00000364. The molecular weight excluding hydrogens is 477 g/mol. The second-order valence-corrected chi connectivity index (χ2v) is 7.88. The molecule has 1 saturated heterocycles. The average molecular weight is 509 g/mol. The highest BCUT2D eigenvalue weighted by Crippen LogP contribution is 2.38. The summed E-state index contributed by atoms with van der Waals surface area (Å²) in [6.45, 7) is 7.25. The van der Waals surface area contributed by atoms with E-state index in [1.165, 1.54) is 0 Å². The van der Waals surface area contributed by atoms with E-state index in [9.17, 15) is 0 Å². The molecule has 0 radical (unpaired) electrons. The highest BCUT2D eigenvalue weighted by molar-refractivity contribution is 14.0. The van der Waals surface area contributed by atoms with Crippen molar-refractivity contribution in [1.82, 2.24) is 10.2 Å². The summed E-state index contributed by atoms with van der Waals surface area (Å²) in [4.78, 5) is 6.82. The summed E-state index contributed by atoms with van der Waals surface area (Å²) in [5.74, 6) is 4.66. The van der Waals surface area contributed by atoms with Gasteiger partial charge in [0, 0.05) is 37.7 Å². The first-order valence-electron chi connectivity index (χ1n) is 8.90. The van der Waals surface area contributed by atoms with Crippen LogP contribution in [0.2, 0.25) is 0 Å². The molecular formula is C19H32IN3O3S. The monoisotopic (exact) mass is 509 g/mol. The van der Waals surface area contributed by atoms with Crippen molar-refractivity contribution in [2.24, 2.45) is 10.9 Å². The number of ether oxygens (including phenoxy) is 3. The van der Waals surface area contributed by atoms with E-state index in [-0.39, 0.29) is 24.0 Å². The Morgan fingerprint density at radius 1 is 1.22 bits per heavy atom. The van der Waals surface area contributed by atoms with Gasteiger partial charge in [0.1, 0.15) is 0 Å². The molecule has 0 saturated carbocycles. The van der Waals surface area contributed by atoms with Crippen molar-refractivity contribution in [3.63, 3.8) is 0 Å². The Labute approximate surface area is 184 Å². The number of halogens is 1. The summed E-state index contributed by atoms with van der Waals surface area (Å²) in [5.41, 5.74) is 1.05. The Kier molecular flexibility index (Phi) is 10.4. The second-order valence-electron chi connectivity index (χ2n) is 6.53. The van der Waals surface area contributed by atoms with Gasteiger partial charge >= 0.3 is 0 Å². The second kappa shape index (κ2) is 11.7. The molecule has 1 fully saturated rings. The number of nitrogens with one attached hydrogen (secondary N) is 1. The van der Waals surface area contributed by atoms with Gasteiger partial charge in [-0.15, -0.1) is 24.0 Å². The average Bonchev–Trinajstić information content (AvgIpc) is 2.67. The molecule has 1 aliphatic rings. The van der Waals surface area contributed by atoms with Gasteiger partial charge in [-0.2, -0.15) is 11.8 Å². The van der Waals surface area contributed by atoms with Crippen LogP contribution in [0.4, 0.5) is 0 Å². The summed E-state index contributed by atoms with van der Waals surface area (Å²) < 4.78 is 16.3. The van der Waals surface area contributed by atoms with Gasteiger partial charge in [0.25, 0.3) is 0 Å². The Morgan fingerprint density at radius 2 is 1.85 bits per heavy atom. The molecule has 1 N–H and O–H groups in total. The Bertz CT molecular complexity index is 603. The number of methoxy groups -OCH3 is 3. The van der Waals surface area contributed by atoms with Gasteiger partial charge in [-0.25, -0.2) is 0 Å². The molecule has 0 aliphatic carbocycles. The smallest absolute Gasteiger partial charge is 0.203 e. The molecule has 0 bridgehead atoms. The lowest BCUT2D eigenvalue weighted by Crippen LogP contribution is -2.48. The molecule has 0 amide bonds. The molecule has 1 atom stereocenters. The fourth-order valence-electron chi connectivity index (χ4n) is 3.02. The van der Waals surface area contributed by atoms with E-state index in [0.717, 1.165) is 30.4 Å². The van der Waals surface area contributed by atoms with E-state index in [0.29, 0.717) is 35.0 Å². The van der Waals surface area contributed by atoms with E-state index < -0.39 is 0 Å². The maximum Gasteiger partial charge on any atom is 0.203 e. The first kappa shape index (κ1) is 24.0. The highest BCUT2D eigenvalue weighted by Gasteiger charge is 2.25. The maximum atomic E-state index is 5.43. The molecule has 8 heteroatoms. The summed E-state index contributed by atoms with van der Waals surface area (Å²) in [6.07, 6.45) is 0. The van der Waals surface area contributed by atoms with Crippen molar-refractivity contribution in [1.29, 1.82) is 0 Å². The van der Waals surface area contributed by atoms with Gasteiger partial charge < -0.3 is 24.4 Å². The number of hydrogen-bond donors (Lipinski definition) is 1. The summed E-state index contributed by atoms with van der Waals surface area (Å²) in [6, 6.07) is 3.93. The van der Waals surface area contributed by atoms with Gasteiger partial charge in [0.15, 0.2) is 17.5 Å². The van der Waals surface area contributed by atoms with Crippen LogP contribution >= 0.6 is 35.7 Å². The minimum absolute atomic E-state index is 0. The van der Waals surface area contributed by atoms with E-state index in [2.05, 4.69) is 40.8 Å². The predicted molar refractivity (Wildman–Crippen MR) is 124 cm³/mol. The number of benzene rings is 1. The van der Waals surface area contributed by atoms with Crippen LogP contribution in [-0.4, -0.2) is 63.3 Å². The van der Waals surface area contributed by atoms with Crippen molar-refractivity contribution < 1.29 is 14.2 Å². The lowest BCUT2D eigenvalue weighted by molar-refractivity contribution is 0.323. The molecule has 154 valence electrons. The fourth-order valence-corrected chi connectivity index (χ4v) is 4.32. The summed E-state index contributed by atoms with van der Waals surface area (Å²) in [7, 11) is 6.71. The van der Waals surface area contributed by atoms with Crippen LogP contribution in [0.25, 0.3) is 0 Å². The zero-order valence-corrected chi connectivity index (χ0v) is 20.2. The third-order valence-electron chi connectivity index (χ3n) is 4.52. The Hall–Kier alpha value is -1.03. The third kappa shape index (κ3) is 6.23. The molecule has 1 aromatic rings. The number of thioether (sulfide) groups is 1. The van der Waals surface area contributed by atoms with Gasteiger partial charge in [-0.05, 0) is 23.6 Å². The van der Waals surface area contributed by atoms with E-state index in [1.54, 1.807) is 21.3 Å². The van der Waals surface area contributed by atoms with Crippen molar-refractivity contribution in [2.45, 2.75) is 25.6 Å². The number of rotatable bonds is 6. The largest absolute Gasteiger partial charge is 0.493 e. The van der Waals surface area contributed by atoms with Gasteiger partial charge in [0.05, 0.1) is 21.3 Å². The van der Waals surface area contributed by atoms with Crippen molar-refractivity contribution in [3.05, 3.63) is 17.7 Å². The number of aliphatic imine (C=N–C) groups is 1. The van der Waals surface area contributed by atoms with Crippen LogP contribution in [0.5, 0.6) is 17.2 Å². The highest BCUT2D eigenvalue weighted by atomic mass is 127.